The maximum Gasteiger partial charge on any atom is 0.241 e. The summed E-state index contributed by atoms with van der Waals surface area (Å²) in [6, 6.07) is 0. The molecule has 100 valence electrons. The lowest BCUT2D eigenvalue weighted by Gasteiger charge is -2.33. The zero-order valence-electron chi connectivity index (χ0n) is 10.6. The Bertz CT molecular complexity index is 411. The van der Waals surface area contributed by atoms with Crippen molar-refractivity contribution in [3.05, 3.63) is 6.33 Å². The number of nitrogens with zero attached hydrogens (tertiary/aromatic N) is 3. The highest BCUT2D eigenvalue weighted by molar-refractivity contribution is 5.75. The topological polar surface area (TPSA) is 95.1 Å². The Balaban J connectivity index is 1.77. The van der Waals surface area contributed by atoms with Crippen LogP contribution in [0.3, 0.4) is 0 Å². The first-order chi connectivity index (χ1) is 8.57. The van der Waals surface area contributed by atoms with E-state index in [0.29, 0.717) is 6.54 Å². The molecule has 1 aromatic rings. The van der Waals surface area contributed by atoms with Crippen LogP contribution in [0.15, 0.2) is 6.33 Å². The van der Waals surface area contributed by atoms with Gasteiger partial charge in [-0.2, -0.15) is 0 Å². The van der Waals surface area contributed by atoms with Gasteiger partial charge in [-0.25, -0.2) is 9.67 Å². The van der Waals surface area contributed by atoms with E-state index in [1.54, 1.807) is 0 Å². The summed E-state index contributed by atoms with van der Waals surface area (Å²) in [5.41, 5.74) is 5.51. The van der Waals surface area contributed by atoms with Gasteiger partial charge < -0.3 is 15.8 Å². The minimum atomic E-state index is -0.0763. The predicted molar refractivity (Wildman–Crippen MR) is 65.6 cm³/mol. The second kappa shape index (κ2) is 5.34. The van der Waals surface area contributed by atoms with E-state index in [1.807, 2.05) is 0 Å². The lowest BCUT2D eigenvalue weighted by Crippen LogP contribution is -2.40. The summed E-state index contributed by atoms with van der Waals surface area (Å²) >= 11 is 0. The number of nitrogens with two attached hydrogens (primary N) is 1. The summed E-state index contributed by atoms with van der Waals surface area (Å²) in [4.78, 5) is 15.5. The third kappa shape index (κ3) is 3.43. The van der Waals surface area contributed by atoms with Crippen LogP contribution in [0.5, 0.6) is 0 Å². The van der Waals surface area contributed by atoms with E-state index in [1.165, 1.54) is 11.0 Å². The molecule has 0 atom stereocenters. The van der Waals surface area contributed by atoms with E-state index in [9.17, 15) is 4.79 Å². The molecule has 2 rings (SSSR count). The number of rotatable bonds is 4. The van der Waals surface area contributed by atoms with Gasteiger partial charge in [0.25, 0.3) is 0 Å². The van der Waals surface area contributed by atoms with E-state index in [2.05, 4.69) is 22.3 Å². The number of carbonyl (C=O) groups excluding carboxylic acids is 1. The van der Waals surface area contributed by atoms with Crippen LogP contribution in [0.2, 0.25) is 0 Å². The van der Waals surface area contributed by atoms with Gasteiger partial charge in [0.2, 0.25) is 11.9 Å². The van der Waals surface area contributed by atoms with Crippen LogP contribution >= 0.6 is 0 Å². The Hall–Kier alpha value is -1.63. The maximum absolute atomic E-state index is 11.7. The summed E-state index contributed by atoms with van der Waals surface area (Å²) in [5.74, 6) is 0.104. The molecule has 1 aromatic heterocycles. The lowest BCUT2D eigenvalue weighted by molar-refractivity contribution is -0.122. The summed E-state index contributed by atoms with van der Waals surface area (Å²) in [7, 11) is 0. The molecule has 7 heteroatoms. The first-order valence-electron chi connectivity index (χ1n) is 6.07. The van der Waals surface area contributed by atoms with Gasteiger partial charge in [0.1, 0.15) is 12.9 Å². The Morgan fingerprint density at radius 2 is 2.33 bits per heavy atom. The van der Waals surface area contributed by atoms with E-state index in [-0.39, 0.29) is 23.8 Å². The summed E-state index contributed by atoms with van der Waals surface area (Å²) in [6.07, 6.45) is 3.40. The van der Waals surface area contributed by atoms with Crippen molar-refractivity contribution in [3.8, 4) is 0 Å². The Morgan fingerprint density at radius 1 is 1.61 bits per heavy atom. The van der Waals surface area contributed by atoms with E-state index >= 15 is 0 Å². The molecule has 0 spiro atoms. The fourth-order valence-electron chi connectivity index (χ4n) is 1.94. The third-order valence-electron chi connectivity index (χ3n) is 3.27. The molecular weight excluding hydrogens is 234 g/mol. The quantitative estimate of drug-likeness (QED) is 0.774. The zero-order chi connectivity index (χ0) is 13.0. The molecule has 1 fully saturated rings. The van der Waals surface area contributed by atoms with Crippen molar-refractivity contribution in [1.29, 1.82) is 0 Å². The molecule has 18 heavy (non-hydrogen) atoms. The van der Waals surface area contributed by atoms with Gasteiger partial charge in [-0.05, 0) is 18.3 Å². The highest BCUT2D eigenvalue weighted by Crippen LogP contribution is 2.28. The first-order valence-corrected chi connectivity index (χ1v) is 6.07. The standard InChI is InChI=1S/C11H19N5O2/c1-11(2-4-18-5-3-11)7-13-9(17)6-16-8-14-10(12)15-16/h8H,2-7H2,1H3,(H2,12,15)(H,13,17). The normalized spacial score (nSPS) is 18.5. The third-order valence-corrected chi connectivity index (χ3v) is 3.27. The summed E-state index contributed by atoms with van der Waals surface area (Å²) in [5, 5.41) is 6.79. The van der Waals surface area contributed by atoms with Crippen LogP contribution in [0, 0.1) is 5.41 Å². The fraction of sp³-hybridized carbons (Fsp3) is 0.727. The van der Waals surface area contributed by atoms with Crippen LogP contribution < -0.4 is 11.1 Å². The molecule has 1 aliphatic rings. The van der Waals surface area contributed by atoms with Crippen molar-refractivity contribution >= 4 is 11.9 Å². The highest BCUT2D eigenvalue weighted by atomic mass is 16.5. The number of nitrogen functional groups attached to an aromatic ring is 1. The molecule has 0 bridgehead atoms. The van der Waals surface area contributed by atoms with Crippen molar-refractivity contribution in [1.82, 2.24) is 20.1 Å². The number of hydrogen-bond donors (Lipinski definition) is 2. The number of ether oxygens (including phenoxy) is 1. The largest absolute Gasteiger partial charge is 0.381 e. The van der Waals surface area contributed by atoms with Crippen molar-refractivity contribution < 1.29 is 9.53 Å². The van der Waals surface area contributed by atoms with E-state index in [4.69, 9.17) is 10.5 Å². The molecule has 0 unspecified atom stereocenters. The van der Waals surface area contributed by atoms with Gasteiger partial charge >= 0.3 is 0 Å². The average Bonchev–Trinajstić information content (AvgIpc) is 2.73. The van der Waals surface area contributed by atoms with Crippen LogP contribution in [0.1, 0.15) is 19.8 Å². The van der Waals surface area contributed by atoms with Crippen LogP contribution in [0.25, 0.3) is 0 Å². The van der Waals surface area contributed by atoms with Crippen molar-refractivity contribution in [2.24, 2.45) is 5.41 Å². The number of anilines is 1. The fourth-order valence-corrected chi connectivity index (χ4v) is 1.94. The lowest BCUT2D eigenvalue weighted by atomic mass is 9.82. The smallest absolute Gasteiger partial charge is 0.241 e. The van der Waals surface area contributed by atoms with Crippen molar-refractivity contribution in [2.75, 3.05) is 25.5 Å². The van der Waals surface area contributed by atoms with Gasteiger partial charge in [0.05, 0.1) is 0 Å². The highest BCUT2D eigenvalue weighted by Gasteiger charge is 2.27. The minimum absolute atomic E-state index is 0.0763. The number of nitrogens with one attached hydrogen (secondary N) is 1. The number of hydrogen-bond acceptors (Lipinski definition) is 5. The molecule has 1 saturated heterocycles. The summed E-state index contributed by atoms with van der Waals surface area (Å²) in [6.45, 7) is 4.53. The Morgan fingerprint density at radius 3 is 2.94 bits per heavy atom. The van der Waals surface area contributed by atoms with Crippen LogP contribution in [-0.2, 0) is 16.1 Å². The van der Waals surface area contributed by atoms with Gasteiger partial charge in [-0.15, -0.1) is 5.10 Å². The predicted octanol–water partition coefficient (Wildman–Crippen LogP) is -0.207. The zero-order valence-corrected chi connectivity index (χ0v) is 10.6. The van der Waals surface area contributed by atoms with Crippen LogP contribution in [-0.4, -0.2) is 40.4 Å². The molecule has 0 saturated carbocycles. The van der Waals surface area contributed by atoms with E-state index < -0.39 is 0 Å². The molecular formula is C11H19N5O2. The first kappa shape index (κ1) is 12.8. The Labute approximate surface area is 106 Å². The van der Waals surface area contributed by atoms with Crippen molar-refractivity contribution in [2.45, 2.75) is 26.3 Å². The number of carbonyl (C=O) groups is 1. The SMILES string of the molecule is CC1(CNC(=O)Cn2cnc(N)n2)CCOCC1. The number of aromatic nitrogens is 3. The molecule has 0 aromatic carbocycles. The molecule has 1 aliphatic heterocycles. The molecule has 3 N–H and O–H groups in total. The summed E-state index contributed by atoms with van der Waals surface area (Å²) < 4.78 is 6.75. The van der Waals surface area contributed by atoms with Crippen molar-refractivity contribution in [3.63, 3.8) is 0 Å². The van der Waals surface area contributed by atoms with Gasteiger partial charge in [-0.3, -0.25) is 4.79 Å². The monoisotopic (exact) mass is 253 g/mol. The van der Waals surface area contributed by atoms with Crippen LogP contribution in [0.4, 0.5) is 5.95 Å². The molecule has 2 heterocycles. The van der Waals surface area contributed by atoms with E-state index in [0.717, 1.165) is 26.1 Å². The minimum Gasteiger partial charge on any atom is -0.381 e. The second-order valence-corrected chi connectivity index (χ2v) is 5.00. The average molecular weight is 253 g/mol. The molecule has 0 radical (unpaired) electrons. The maximum atomic E-state index is 11.7. The molecule has 1 amide bonds. The number of amides is 1. The molecule has 0 aliphatic carbocycles. The van der Waals surface area contributed by atoms with Gasteiger partial charge in [0.15, 0.2) is 0 Å². The van der Waals surface area contributed by atoms with Gasteiger partial charge in [-0.1, -0.05) is 6.92 Å². The Kier molecular flexibility index (Phi) is 3.81. The second-order valence-electron chi connectivity index (χ2n) is 5.00. The molecule has 7 nitrogen and oxygen atoms in total. The van der Waals surface area contributed by atoms with Gasteiger partial charge in [0, 0.05) is 19.8 Å².